The number of thioether (sulfide) groups is 1. The average Bonchev–Trinajstić information content (AvgIpc) is 3.34. The first-order valence-electron chi connectivity index (χ1n) is 8.57. The van der Waals surface area contributed by atoms with Crippen LogP contribution < -0.4 is 0 Å². The number of aromatic nitrogens is 5. The van der Waals surface area contributed by atoms with E-state index in [9.17, 15) is 4.39 Å². The van der Waals surface area contributed by atoms with E-state index >= 15 is 0 Å². The minimum Gasteiger partial charge on any atom is -0.338 e. The van der Waals surface area contributed by atoms with Crippen LogP contribution in [-0.2, 0) is 12.2 Å². The fourth-order valence-corrected chi connectivity index (χ4v) is 3.65. The maximum atomic E-state index is 14.6. The number of aryl methyl sites for hydroxylation is 1. The van der Waals surface area contributed by atoms with Crippen molar-refractivity contribution in [2.45, 2.75) is 24.3 Å². The number of benzene rings is 2. The molecule has 0 aliphatic carbocycles. The number of hydrogen-bond acceptors (Lipinski definition) is 6. The van der Waals surface area contributed by atoms with Gasteiger partial charge in [-0.15, -0.1) is 10.2 Å². The van der Waals surface area contributed by atoms with E-state index in [1.54, 1.807) is 28.8 Å². The fraction of sp³-hybridized carbons (Fsp3) is 0.158. The molecule has 4 rings (SSSR count). The molecule has 0 aliphatic rings. The van der Waals surface area contributed by atoms with Gasteiger partial charge in [-0.1, -0.05) is 59.7 Å². The van der Waals surface area contributed by atoms with E-state index in [2.05, 4.69) is 20.3 Å². The van der Waals surface area contributed by atoms with Crippen molar-refractivity contribution < 1.29 is 8.91 Å². The van der Waals surface area contributed by atoms with E-state index < -0.39 is 0 Å². The van der Waals surface area contributed by atoms with Crippen molar-refractivity contribution in [3.63, 3.8) is 0 Å². The number of halogens is 2. The summed E-state index contributed by atoms with van der Waals surface area (Å²) >= 11 is 7.68. The maximum absolute atomic E-state index is 14.6. The van der Waals surface area contributed by atoms with E-state index in [1.165, 1.54) is 17.8 Å². The highest BCUT2D eigenvalue weighted by molar-refractivity contribution is 7.98. The first kappa shape index (κ1) is 18.6. The fourth-order valence-electron chi connectivity index (χ4n) is 2.65. The summed E-state index contributed by atoms with van der Waals surface area (Å²) in [6.45, 7) is 1.95. The van der Waals surface area contributed by atoms with Gasteiger partial charge in [-0.3, -0.25) is 4.57 Å². The Bertz CT molecular complexity index is 1110. The van der Waals surface area contributed by atoms with Gasteiger partial charge in [-0.2, -0.15) is 4.98 Å². The number of hydrogen-bond donors (Lipinski definition) is 0. The van der Waals surface area contributed by atoms with Crippen LogP contribution in [0.15, 0.2) is 58.2 Å². The average molecular weight is 416 g/mol. The second kappa shape index (κ2) is 8.12. The van der Waals surface area contributed by atoms with Crippen LogP contribution in [0.4, 0.5) is 4.39 Å². The van der Waals surface area contributed by atoms with Crippen molar-refractivity contribution in [3.8, 4) is 17.1 Å². The van der Waals surface area contributed by atoms with Crippen LogP contribution in [0.5, 0.6) is 0 Å². The molecule has 0 saturated heterocycles. The van der Waals surface area contributed by atoms with Crippen LogP contribution in [0.25, 0.3) is 17.1 Å². The number of nitrogens with zero attached hydrogens (tertiary/aromatic N) is 5. The van der Waals surface area contributed by atoms with Gasteiger partial charge in [0.2, 0.25) is 5.89 Å². The molecule has 0 amide bonds. The molecular formula is C19H15ClFN5OS. The highest BCUT2D eigenvalue weighted by atomic mass is 35.5. The molecule has 0 fully saturated rings. The maximum Gasteiger partial charge on any atom is 0.237 e. The second-order valence-corrected chi connectivity index (χ2v) is 7.17. The Hall–Kier alpha value is -2.71. The van der Waals surface area contributed by atoms with Gasteiger partial charge in [0.1, 0.15) is 5.82 Å². The summed E-state index contributed by atoms with van der Waals surface area (Å²) < 4.78 is 21.5. The largest absolute Gasteiger partial charge is 0.338 e. The monoisotopic (exact) mass is 415 g/mol. The second-order valence-electron chi connectivity index (χ2n) is 5.82. The van der Waals surface area contributed by atoms with Crippen LogP contribution in [0.1, 0.15) is 18.6 Å². The zero-order chi connectivity index (χ0) is 19.5. The van der Waals surface area contributed by atoms with Crippen LogP contribution >= 0.6 is 23.4 Å². The third-order valence-electron chi connectivity index (χ3n) is 3.99. The zero-order valence-electron chi connectivity index (χ0n) is 14.8. The van der Waals surface area contributed by atoms with Crippen LogP contribution in [-0.4, -0.2) is 24.9 Å². The lowest BCUT2D eigenvalue weighted by Crippen LogP contribution is -2.02. The van der Waals surface area contributed by atoms with Crippen molar-refractivity contribution in [3.05, 3.63) is 71.1 Å². The van der Waals surface area contributed by atoms with E-state index in [-0.39, 0.29) is 5.82 Å². The summed E-state index contributed by atoms with van der Waals surface area (Å²) in [5.74, 6) is 1.58. The lowest BCUT2D eigenvalue weighted by atomic mass is 10.2. The quantitative estimate of drug-likeness (QED) is 0.414. The summed E-state index contributed by atoms with van der Waals surface area (Å²) in [4.78, 5) is 4.29. The number of para-hydroxylation sites is 1. The molecule has 9 heteroatoms. The molecule has 0 N–H and O–H groups in total. The lowest BCUT2D eigenvalue weighted by molar-refractivity contribution is 0.385. The molecule has 4 aromatic rings. The Morgan fingerprint density at radius 1 is 1.11 bits per heavy atom. The minimum absolute atomic E-state index is 0.338. The Morgan fingerprint density at radius 2 is 1.89 bits per heavy atom. The zero-order valence-corrected chi connectivity index (χ0v) is 16.4. The molecule has 0 aliphatic heterocycles. The van der Waals surface area contributed by atoms with Crippen molar-refractivity contribution in [2.24, 2.45) is 0 Å². The SMILES string of the molecule is CCc1noc(CSc2nnc(-c3ccccc3Cl)n2-c2ccccc2F)n1. The van der Waals surface area contributed by atoms with Crippen molar-refractivity contribution in [1.29, 1.82) is 0 Å². The summed E-state index contributed by atoms with van der Waals surface area (Å²) in [7, 11) is 0. The topological polar surface area (TPSA) is 69.6 Å². The van der Waals surface area contributed by atoms with Gasteiger partial charge in [0, 0.05) is 12.0 Å². The third-order valence-corrected chi connectivity index (χ3v) is 5.24. The van der Waals surface area contributed by atoms with Crippen molar-refractivity contribution in [2.75, 3.05) is 0 Å². The first-order chi connectivity index (χ1) is 13.7. The number of rotatable bonds is 6. The molecule has 6 nitrogen and oxygen atoms in total. The highest BCUT2D eigenvalue weighted by Gasteiger charge is 2.20. The van der Waals surface area contributed by atoms with E-state index in [0.717, 1.165) is 0 Å². The van der Waals surface area contributed by atoms with Gasteiger partial charge in [0.25, 0.3) is 0 Å². The van der Waals surface area contributed by atoms with E-state index in [0.29, 0.717) is 51.1 Å². The summed E-state index contributed by atoms with van der Waals surface area (Å²) in [5, 5.41) is 13.4. The van der Waals surface area contributed by atoms with Crippen LogP contribution in [0.3, 0.4) is 0 Å². The molecule has 0 radical (unpaired) electrons. The van der Waals surface area contributed by atoms with Gasteiger partial charge in [-0.05, 0) is 24.3 Å². The van der Waals surface area contributed by atoms with Gasteiger partial charge in [0.15, 0.2) is 16.8 Å². The summed E-state index contributed by atoms with van der Waals surface area (Å²) in [6.07, 6.45) is 0.691. The van der Waals surface area contributed by atoms with Gasteiger partial charge >= 0.3 is 0 Å². The third kappa shape index (κ3) is 3.65. The lowest BCUT2D eigenvalue weighted by Gasteiger charge is -2.11. The summed E-state index contributed by atoms with van der Waals surface area (Å²) in [6, 6.07) is 13.7. The van der Waals surface area contributed by atoms with Gasteiger partial charge in [-0.25, -0.2) is 4.39 Å². The highest BCUT2D eigenvalue weighted by Crippen LogP contribution is 2.33. The molecule has 2 aromatic heterocycles. The van der Waals surface area contributed by atoms with Crippen LogP contribution in [0.2, 0.25) is 5.02 Å². The molecule has 0 spiro atoms. The molecule has 0 saturated carbocycles. The molecule has 2 aromatic carbocycles. The van der Waals surface area contributed by atoms with Gasteiger partial charge in [0.05, 0.1) is 16.5 Å². The minimum atomic E-state index is -0.386. The smallest absolute Gasteiger partial charge is 0.237 e. The molecule has 0 bridgehead atoms. The van der Waals surface area contributed by atoms with E-state index in [1.807, 2.05) is 25.1 Å². The Balaban J connectivity index is 1.76. The molecule has 142 valence electrons. The van der Waals surface area contributed by atoms with Crippen molar-refractivity contribution >= 4 is 23.4 Å². The Kier molecular flexibility index (Phi) is 5.40. The predicted molar refractivity (Wildman–Crippen MR) is 105 cm³/mol. The first-order valence-corrected chi connectivity index (χ1v) is 9.93. The van der Waals surface area contributed by atoms with Gasteiger partial charge < -0.3 is 4.52 Å². The van der Waals surface area contributed by atoms with E-state index in [4.69, 9.17) is 16.1 Å². The Labute approximate surface area is 169 Å². The normalized spacial score (nSPS) is 11.1. The van der Waals surface area contributed by atoms with Crippen LogP contribution in [0, 0.1) is 5.82 Å². The predicted octanol–water partition coefficient (Wildman–Crippen LogP) is 4.96. The molecular weight excluding hydrogens is 401 g/mol. The Morgan fingerprint density at radius 3 is 2.64 bits per heavy atom. The van der Waals surface area contributed by atoms with Crippen molar-refractivity contribution in [1.82, 2.24) is 24.9 Å². The molecule has 0 unspecified atom stereocenters. The standard InChI is InChI=1S/C19H15ClFN5OS/c1-2-16-22-17(27-25-16)11-28-19-24-23-18(12-7-3-4-8-13(12)20)26(19)15-10-6-5-9-14(15)21/h3-10H,2,11H2,1H3. The molecule has 2 heterocycles. The molecule has 28 heavy (non-hydrogen) atoms. The summed E-state index contributed by atoms with van der Waals surface area (Å²) in [5.41, 5.74) is 1.00. The molecule has 0 atom stereocenters.